The quantitative estimate of drug-likeness (QED) is 0.836. The van der Waals surface area contributed by atoms with Crippen LogP contribution in [0.4, 0.5) is 4.39 Å². The third kappa shape index (κ3) is 3.19. The van der Waals surface area contributed by atoms with E-state index in [0.29, 0.717) is 24.1 Å². The van der Waals surface area contributed by atoms with Crippen LogP contribution in [0.2, 0.25) is 0 Å². The van der Waals surface area contributed by atoms with Crippen LogP contribution in [0.25, 0.3) is 0 Å². The van der Waals surface area contributed by atoms with Crippen LogP contribution in [0.5, 0.6) is 0 Å². The van der Waals surface area contributed by atoms with Gasteiger partial charge < -0.3 is 5.11 Å². The first-order valence-electron chi connectivity index (χ1n) is 5.65. The van der Waals surface area contributed by atoms with Crippen molar-refractivity contribution >= 4 is 0 Å². The van der Waals surface area contributed by atoms with Crippen LogP contribution in [0, 0.1) is 17.7 Å². The molecule has 0 aliphatic carbocycles. The Bertz CT molecular complexity index is 567. The zero-order valence-corrected chi connectivity index (χ0v) is 9.81. The molecule has 0 spiro atoms. The van der Waals surface area contributed by atoms with E-state index in [0.717, 1.165) is 0 Å². The van der Waals surface area contributed by atoms with Gasteiger partial charge in [0, 0.05) is 29.9 Å². The number of aromatic nitrogens is 2. The van der Waals surface area contributed by atoms with E-state index >= 15 is 0 Å². The molecular formula is C14H13FN2O. The van der Waals surface area contributed by atoms with Crippen LogP contribution < -0.4 is 0 Å². The van der Waals surface area contributed by atoms with Gasteiger partial charge in [0.25, 0.3) is 0 Å². The maximum Gasteiger partial charge on any atom is 0.129 e. The van der Waals surface area contributed by atoms with E-state index in [4.69, 9.17) is 5.11 Å². The fourth-order valence-corrected chi connectivity index (χ4v) is 1.54. The third-order valence-corrected chi connectivity index (χ3v) is 2.41. The van der Waals surface area contributed by atoms with Gasteiger partial charge in [-0.2, -0.15) is 5.10 Å². The zero-order valence-electron chi connectivity index (χ0n) is 9.81. The lowest BCUT2D eigenvalue weighted by molar-refractivity contribution is 0.305. The molecule has 1 aromatic carbocycles. The second kappa shape index (κ2) is 5.99. The lowest BCUT2D eigenvalue weighted by Gasteiger charge is -2.03. The lowest BCUT2D eigenvalue weighted by atomic mass is 10.1. The molecule has 2 aromatic rings. The summed E-state index contributed by atoms with van der Waals surface area (Å²) < 4.78 is 15.5. The normalized spacial score (nSPS) is 9.89. The summed E-state index contributed by atoms with van der Waals surface area (Å²) in [5, 5.41) is 12.6. The highest BCUT2D eigenvalue weighted by molar-refractivity contribution is 5.37. The molecule has 0 unspecified atom stereocenters. The fraction of sp³-hybridized carbons (Fsp3) is 0.214. The molecular weight excluding hydrogens is 231 g/mol. The maximum absolute atomic E-state index is 13.8. The van der Waals surface area contributed by atoms with Crippen molar-refractivity contribution < 1.29 is 9.50 Å². The van der Waals surface area contributed by atoms with Crippen molar-refractivity contribution in [1.82, 2.24) is 9.78 Å². The molecule has 0 radical (unpaired) electrons. The number of benzene rings is 1. The van der Waals surface area contributed by atoms with Gasteiger partial charge in [0.15, 0.2) is 0 Å². The predicted molar refractivity (Wildman–Crippen MR) is 66.3 cm³/mol. The van der Waals surface area contributed by atoms with Crippen LogP contribution in [0.15, 0.2) is 36.7 Å². The van der Waals surface area contributed by atoms with Crippen molar-refractivity contribution in [2.24, 2.45) is 0 Å². The summed E-state index contributed by atoms with van der Waals surface area (Å²) in [6, 6.07) is 6.68. The smallest absolute Gasteiger partial charge is 0.129 e. The van der Waals surface area contributed by atoms with E-state index in [1.165, 1.54) is 6.07 Å². The molecule has 3 nitrogen and oxygen atoms in total. The molecule has 0 amide bonds. The minimum Gasteiger partial charge on any atom is -0.395 e. The van der Waals surface area contributed by atoms with Crippen LogP contribution in [-0.2, 0) is 6.54 Å². The second-order valence-electron chi connectivity index (χ2n) is 3.79. The van der Waals surface area contributed by atoms with Crippen molar-refractivity contribution in [2.75, 3.05) is 6.61 Å². The molecule has 2 rings (SSSR count). The van der Waals surface area contributed by atoms with Crippen LogP contribution >= 0.6 is 0 Å². The Morgan fingerprint density at radius 2 is 2.28 bits per heavy atom. The molecule has 0 saturated carbocycles. The number of aliphatic hydroxyl groups is 1. The molecule has 0 aliphatic rings. The number of rotatable bonds is 3. The number of nitrogens with zero attached hydrogens (tertiary/aromatic N) is 2. The molecule has 0 aliphatic heterocycles. The van der Waals surface area contributed by atoms with Crippen molar-refractivity contribution in [3.63, 3.8) is 0 Å². The molecule has 0 bridgehead atoms. The van der Waals surface area contributed by atoms with E-state index in [1.54, 1.807) is 35.3 Å². The molecule has 0 fully saturated rings. The van der Waals surface area contributed by atoms with Crippen molar-refractivity contribution in [3.8, 4) is 11.8 Å². The van der Waals surface area contributed by atoms with E-state index in [1.807, 2.05) is 0 Å². The Hall–Kier alpha value is -2.12. The monoisotopic (exact) mass is 244 g/mol. The second-order valence-corrected chi connectivity index (χ2v) is 3.79. The standard InChI is InChI=1S/C14H13FN2O/c15-14-10-12(4-1-2-9-18)5-6-13(14)11-17-8-3-7-16-17/h3,5-8,10,18H,2,9,11H2. The fourth-order valence-electron chi connectivity index (χ4n) is 1.54. The summed E-state index contributed by atoms with van der Waals surface area (Å²) in [5.41, 5.74) is 1.19. The van der Waals surface area contributed by atoms with E-state index in [9.17, 15) is 4.39 Å². The SMILES string of the molecule is OCCC#Cc1ccc(Cn2cccn2)c(F)c1. The molecule has 1 aromatic heterocycles. The molecule has 1 heterocycles. The van der Waals surface area contributed by atoms with Crippen molar-refractivity contribution in [1.29, 1.82) is 0 Å². The van der Waals surface area contributed by atoms with Gasteiger partial charge >= 0.3 is 0 Å². The minimum absolute atomic E-state index is 0.0207. The summed E-state index contributed by atoms with van der Waals surface area (Å²) in [6.07, 6.45) is 3.84. The van der Waals surface area contributed by atoms with Gasteiger partial charge in [-0.1, -0.05) is 17.9 Å². The summed E-state index contributed by atoms with van der Waals surface area (Å²) >= 11 is 0. The number of hydrogen-bond acceptors (Lipinski definition) is 2. The van der Waals surface area contributed by atoms with Crippen LogP contribution in [0.1, 0.15) is 17.5 Å². The Balaban J connectivity index is 2.13. The average Bonchev–Trinajstić information content (AvgIpc) is 2.86. The maximum atomic E-state index is 13.8. The van der Waals surface area contributed by atoms with Gasteiger partial charge in [0.05, 0.1) is 13.2 Å². The first kappa shape index (κ1) is 12.3. The average molecular weight is 244 g/mol. The Kier molecular flexibility index (Phi) is 4.11. The van der Waals surface area contributed by atoms with Gasteiger partial charge in [-0.15, -0.1) is 0 Å². The lowest BCUT2D eigenvalue weighted by Crippen LogP contribution is -2.02. The predicted octanol–water partition coefficient (Wildman–Crippen LogP) is 1.80. The van der Waals surface area contributed by atoms with Gasteiger partial charge in [-0.25, -0.2) is 4.39 Å². The topological polar surface area (TPSA) is 38.0 Å². The molecule has 92 valence electrons. The van der Waals surface area contributed by atoms with E-state index in [-0.39, 0.29) is 12.4 Å². The van der Waals surface area contributed by atoms with Crippen LogP contribution in [0.3, 0.4) is 0 Å². The molecule has 1 N–H and O–H groups in total. The number of halogens is 1. The highest BCUT2D eigenvalue weighted by Gasteiger charge is 2.03. The largest absolute Gasteiger partial charge is 0.395 e. The minimum atomic E-state index is -0.290. The van der Waals surface area contributed by atoms with Gasteiger partial charge in [0.1, 0.15) is 5.82 Å². The van der Waals surface area contributed by atoms with E-state index < -0.39 is 0 Å². The molecule has 4 heteroatoms. The first-order chi connectivity index (χ1) is 8.79. The Morgan fingerprint density at radius 3 is 2.94 bits per heavy atom. The van der Waals surface area contributed by atoms with Crippen LogP contribution in [-0.4, -0.2) is 21.5 Å². The molecule has 0 atom stereocenters. The summed E-state index contributed by atoms with van der Waals surface area (Å²) in [4.78, 5) is 0. The Labute approximate surface area is 105 Å². The van der Waals surface area contributed by atoms with E-state index in [2.05, 4.69) is 16.9 Å². The van der Waals surface area contributed by atoms with Gasteiger partial charge in [-0.05, 0) is 18.2 Å². The molecule has 18 heavy (non-hydrogen) atoms. The summed E-state index contributed by atoms with van der Waals surface area (Å²) in [7, 11) is 0. The van der Waals surface area contributed by atoms with Crippen molar-refractivity contribution in [3.05, 3.63) is 53.6 Å². The summed E-state index contributed by atoms with van der Waals surface area (Å²) in [5.74, 6) is 5.27. The third-order valence-electron chi connectivity index (χ3n) is 2.41. The number of hydrogen-bond donors (Lipinski definition) is 1. The van der Waals surface area contributed by atoms with Crippen molar-refractivity contribution in [2.45, 2.75) is 13.0 Å². The first-order valence-corrected chi connectivity index (χ1v) is 5.65. The summed E-state index contributed by atoms with van der Waals surface area (Å²) in [6.45, 7) is 0.427. The highest BCUT2D eigenvalue weighted by Crippen LogP contribution is 2.11. The zero-order chi connectivity index (χ0) is 12.8. The van der Waals surface area contributed by atoms with Gasteiger partial charge in [0.2, 0.25) is 0 Å². The molecule has 0 saturated heterocycles. The van der Waals surface area contributed by atoms with Gasteiger partial charge in [-0.3, -0.25) is 4.68 Å². The highest BCUT2D eigenvalue weighted by atomic mass is 19.1. The Morgan fingerprint density at radius 1 is 1.39 bits per heavy atom. The number of aliphatic hydroxyl groups excluding tert-OH is 1.